The van der Waals surface area contributed by atoms with Gasteiger partial charge < -0.3 is 4.90 Å². The molecule has 1 aliphatic carbocycles. The number of rotatable bonds is 2. The molecular formula is C39H33NO2. The molecule has 0 N–H and O–H groups in total. The average molecular weight is 551 g/mol. The molecule has 0 fully saturated rings. The van der Waals surface area contributed by atoms with Gasteiger partial charge in [0.05, 0.1) is 16.9 Å². The normalized spacial score (nSPS) is 17.9. The van der Waals surface area contributed by atoms with E-state index >= 15 is 0 Å². The molecule has 0 saturated carbocycles. The molecule has 42 heavy (non-hydrogen) atoms. The summed E-state index contributed by atoms with van der Waals surface area (Å²) in [6.07, 6.45) is 3.62. The fourth-order valence-electron chi connectivity index (χ4n) is 7.07. The second kappa shape index (κ2) is 9.12. The summed E-state index contributed by atoms with van der Waals surface area (Å²) in [6, 6.07) is 25.1. The number of hydrogen-bond donors (Lipinski definition) is 0. The second-order valence-electron chi connectivity index (χ2n) is 12.1. The Kier molecular flexibility index (Phi) is 4.97. The van der Waals surface area contributed by atoms with Gasteiger partial charge in [-0.2, -0.15) is 0 Å². The Morgan fingerprint density at radius 3 is 1.98 bits per heavy atom. The standard InChI is InChI=1S/C39H33NO2/c1-22-11-13-29-28(19-22)12-15-33-35(29)39(5,6)34(40(33)36-24(3)17-23(2)18-25(36)4)16-14-30-37(41)31-20-26-9-7-8-10-27(26)21-32(31)38(30)42/h7-21H,1-6H3/b34-16+/i1D3. The van der Waals surface area contributed by atoms with Gasteiger partial charge in [-0.15, -0.1) is 0 Å². The highest BCUT2D eigenvalue weighted by Gasteiger charge is 2.43. The number of hydrogen-bond acceptors (Lipinski definition) is 3. The Hall–Kier alpha value is -4.76. The number of Topliss-reactive ketones (excluding diaryl/α,β-unsaturated/α-hetero) is 2. The number of carbonyl (C=O) groups excluding carboxylic acids is 2. The fourth-order valence-corrected chi connectivity index (χ4v) is 7.07. The van der Waals surface area contributed by atoms with Gasteiger partial charge in [0.1, 0.15) is 0 Å². The summed E-state index contributed by atoms with van der Waals surface area (Å²) in [5.41, 5.74) is 8.22. The number of ketones is 2. The average Bonchev–Trinajstić information content (AvgIpc) is 3.34. The highest BCUT2D eigenvalue weighted by molar-refractivity contribution is 6.40. The van der Waals surface area contributed by atoms with Crippen molar-refractivity contribution in [1.82, 2.24) is 0 Å². The monoisotopic (exact) mass is 550 g/mol. The maximum Gasteiger partial charge on any atom is 0.197 e. The van der Waals surface area contributed by atoms with Crippen LogP contribution in [0.15, 0.2) is 102 Å². The van der Waals surface area contributed by atoms with Crippen LogP contribution < -0.4 is 4.90 Å². The van der Waals surface area contributed by atoms with E-state index < -0.39 is 12.3 Å². The Balaban J connectivity index is 1.44. The van der Waals surface area contributed by atoms with E-state index in [1.54, 1.807) is 18.2 Å². The molecule has 2 aliphatic rings. The van der Waals surface area contributed by atoms with E-state index in [2.05, 4.69) is 57.7 Å². The SMILES string of the molecule is [2H]C([2H])([2H])c1ccc2c3c(ccc2c1)N(c1c(C)cc(C)cc1C)/C(=C/C=C1C(=O)c2cc4ccccc4cc2C1=O)C3(C)C. The molecule has 3 nitrogen and oxygen atoms in total. The lowest BCUT2D eigenvalue weighted by atomic mass is 9.80. The van der Waals surface area contributed by atoms with Crippen LogP contribution in [-0.4, -0.2) is 11.6 Å². The zero-order chi connectivity index (χ0) is 32.0. The zero-order valence-corrected chi connectivity index (χ0v) is 24.4. The van der Waals surface area contributed by atoms with Gasteiger partial charge in [-0.25, -0.2) is 0 Å². The summed E-state index contributed by atoms with van der Waals surface area (Å²) < 4.78 is 23.8. The van der Waals surface area contributed by atoms with Crippen LogP contribution in [0.3, 0.4) is 0 Å². The van der Waals surface area contributed by atoms with Gasteiger partial charge in [0.2, 0.25) is 0 Å². The Labute approximate surface area is 251 Å². The summed E-state index contributed by atoms with van der Waals surface area (Å²) in [6.45, 7) is 8.38. The Morgan fingerprint density at radius 2 is 1.36 bits per heavy atom. The van der Waals surface area contributed by atoms with Gasteiger partial charge in [0, 0.05) is 26.4 Å². The van der Waals surface area contributed by atoms with Gasteiger partial charge in [0.15, 0.2) is 11.6 Å². The predicted molar refractivity (Wildman–Crippen MR) is 173 cm³/mol. The number of benzene rings is 5. The molecule has 7 rings (SSSR count). The number of anilines is 2. The third kappa shape index (κ3) is 3.73. The fraction of sp³-hybridized carbons (Fsp3) is 0.179. The lowest BCUT2D eigenvalue weighted by molar-refractivity contribution is 0.0988. The first kappa shape index (κ1) is 22.9. The quantitative estimate of drug-likeness (QED) is 0.162. The third-order valence-corrected chi connectivity index (χ3v) is 8.88. The Morgan fingerprint density at radius 1 is 0.714 bits per heavy atom. The number of aryl methyl sites for hydroxylation is 4. The molecule has 0 spiro atoms. The first-order valence-electron chi connectivity index (χ1n) is 15.8. The number of carbonyl (C=O) groups is 2. The molecule has 5 aromatic rings. The van der Waals surface area contributed by atoms with Crippen LogP contribution in [0.2, 0.25) is 0 Å². The van der Waals surface area contributed by atoms with E-state index in [-0.39, 0.29) is 17.1 Å². The van der Waals surface area contributed by atoms with Gasteiger partial charge >= 0.3 is 0 Å². The molecule has 3 heteroatoms. The molecule has 1 heterocycles. The van der Waals surface area contributed by atoms with Gasteiger partial charge in [0.25, 0.3) is 0 Å². The van der Waals surface area contributed by atoms with Crippen LogP contribution in [0.1, 0.15) is 66.5 Å². The molecule has 1 aliphatic heterocycles. The van der Waals surface area contributed by atoms with Crippen molar-refractivity contribution >= 4 is 44.5 Å². The van der Waals surface area contributed by atoms with E-state index in [4.69, 9.17) is 4.11 Å². The van der Waals surface area contributed by atoms with Crippen molar-refractivity contribution in [1.29, 1.82) is 0 Å². The minimum absolute atomic E-state index is 0.157. The van der Waals surface area contributed by atoms with Crippen LogP contribution in [0.25, 0.3) is 21.5 Å². The smallest absolute Gasteiger partial charge is 0.197 e. The number of allylic oxidation sites excluding steroid dienone is 4. The lowest BCUT2D eigenvalue weighted by Crippen LogP contribution is -2.24. The molecule has 206 valence electrons. The van der Waals surface area contributed by atoms with Crippen LogP contribution in [0.4, 0.5) is 11.4 Å². The molecule has 0 unspecified atom stereocenters. The van der Waals surface area contributed by atoms with Crippen molar-refractivity contribution in [2.45, 2.75) is 46.9 Å². The summed E-state index contributed by atoms with van der Waals surface area (Å²) in [5.74, 6) is -0.523. The highest BCUT2D eigenvalue weighted by atomic mass is 16.2. The minimum atomic E-state index is -2.20. The summed E-state index contributed by atoms with van der Waals surface area (Å²) >= 11 is 0. The largest absolute Gasteiger partial charge is 0.312 e. The summed E-state index contributed by atoms with van der Waals surface area (Å²) in [7, 11) is 0. The first-order valence-corrected chi connectivity index (χ1v) is 14.3. The molecule has 0 saturated heterocycles. The van der Waals surface area contributed by atoms with E-state index in [0.717, 1.165) is 55.3 Å². The second-order valence-corrected chi connectivity index (χ2v) is 12.1. The van der Waals surface area contributed by atoms with Crippen molar-refractivity contribution in [3.8, 4) is 0 Å². The lowest BCUT2D eigenvalue weighted by Gasteiger charge is -2.30. The van der Waals surface area contributed by atoms with Crippen LogP contribution in [-0.2, 0) is 5.41 Å². The number of nitrogens with zero attached hydrogens (tertiary/aromatic N) is 1. The van der Waals surface area contributed by atoms with Crippen LogP contribution in [0.5, 0.6) is 0 Å². The maximum atomic E-state index is 13.6. The van der Waals surface area contributed by atoms with Crippen LogP contribution in [0, 0.1) is 27.6 Å². The number of fused-ring (bicyclic) bond motifs is 5. The van der Waals surface area contributed by atoms with Gasteiger partial charge in [-0.3, -0.25) is 9.59 Å². The van der Waals surface area contributed by atoms with Gasteiger partial charge in [-0.05, 0) is 96.2 Å². The molecule has 0 atom stereocenters. The predicted octanol–water partition coefficient (Wildman–Crippen LogP) is 9.55. The molecule has 0 aromatic heterocycles. The van der Waals surface area contributed by atoms with Gasteiger partial charge in [-0.1, -0.05) is 85.6 Å². The molecular weight excluding hydrogens is 514 g/mol. The molecule has 0 amide bonds. The maximum absolute atomic E-state index is 13.6. The Bertz CT molecular complexity index is 2120. The van der Waals surface area contributed by atoms with Crippen molar-refractivity contribution in [3.05, 3.63) is 141 Å². The topological polar surface area (TPSA) is 37.4 Å². The van der Waals surface area contributed by atoms with Crippen molar-refractivity contribution in [3.63, 3.8) is 0 Å². The zero-order valence-electron chi connectivity index (χ0n) is 27.4. The summed E-state index contributed by atoms with van der Waals surface area (Å²) in [5, 5.41) is 3.68. The first-order chi connectivity index (χ1) is 21.3. The van der Waals surface area contributed by atoms with Crippen LogP contribution >= 0.6 is 0 Å². The van der Waals surface area contributed by atoms with E-state index in [9.17, 15) is 9.59 Å². The molecule has 5 aromatic carbocycles. The highest BCUT2D eigenvalue weighted by Crippen LogP contribution is 2.55. The molecule has 0 bridgehead atoms. The van der Waals surface area contributed by atoms with Crippen molar-refractivity contribution in [2.24, 2.45) is 0 Å². The summed E-state index contributed by atoms with van der Waals surface area (Å²) in [4.78, 5) is 29.5. The van der Waals surface area contributed by atoms with E-state index in [1.165, 1.54) is 5.56 Å². The molecule has 0 radical (unpaired) electrons. The van der Waals surface area contributed by atoms with E-state index in [1.807, 2.05) is 54.6 Å². The van der Waals surface area contributed by atoms with Crippen molar-refractivity contribution in [2.75, 3.05) is 4.90 Å². The van der Waals surface area contributed by atoms with E-state index in [0.29, 0.717) is 16.7 Å². The van der Waals surface area contributed by atoms with Crippen molar-refractivity contribution < 1.29 is 13.7 Å². The minimum Gasteiger partial charge on any atom is -0.312 e. The third-order valence-electron chi connectivity index (χ3n) is 8.88.